The van der Waals surface area contributed by atoms with Crippen LogP contribution in [0.15, 0.2) is 12.7 Å². The SMILES string of the molecule is C=CCC(NCCC)C(CC)OCC. The summed E-state index contributed by atoms with van der Waals surface area (Å²) in [6.07, 6.45) is 5.50. The molecule has 2 unspecified atom stereocenters. The molecule has 84 valence electrons. The van der Waals surface area contributed by atoms with E-state index in [2.05, 4.69) is 25.7 Å². The standard InChI is InChI=1S/C12H25NO/c1-5-9-11(13-10-6-2)12(7-3)14-8-4/h5,11-13H,1,6-10H2,2-4H3. The summed E-state index contributed by atoms with van der Waals surface area (Å²) >= 11 is 0. The lowest BCUT2D eigenvalue weighted by Crippen LogP contribution is -2.41. The second-order valence-corrected chi connectivity index (χ2v) is 3.49. The van der Waals surface area contributed by atoms with Gasteiger partial charge in [0.2, 0.25) is 0 Å². The van der Waals surface area contributed by atoms with Gasteiger partial charge in [-0.1, -0.05) is 19.9 Å². The highest BCUT2D eigenvalue weighted by Crippen LogP contribution is 2.08. The Morgan fingerprint density at radius 3 is 2.50 bits per heavy atom. The van der Waals surface area contributed by atoms with Crippen LogP contribution in [0, 0.1) is 0 Å². The Bertz CT molecular complexity index is 136. The molecule has 0 aliphatic carbocycles. The summed E-state index contributed by atoms with van der Waals surface area (Å²) < 4.78 is 5.69. The fourth-order valence-electron chi connectivity index (χ4n) is 1.61. The lowest BCUT2D eigenvalue weighted by Gasteiger charge is -2.26. The largest absolute Gasteiger partial charge is 0.377 e. The molecule has 0 heterocycles. The number of nitrogens with one attached hydrogen (secondary N) is 1. The normalized spacial score (nSPS) is 15.1. The first-order valence-electron chi connectivity index (χ1n) is 5.75. The highest BCUT2D eigenvalue weighted by molar-refractivity contribution is 4.83. The second-order valence-electron chi connectivity index (χ2n) is 3.49. The Labute approximate surface area is 88.7 Å². The summed E-state index contributed by atoms with van der Waals surface area (Å²) in [4.78, 5) is 0. The molecule has 14 heavy (non-hydrogen) atoms. The molecule has 0 aromatic carbocycles. The zero-order valence-electron chi connectivity index (χ0n) is 9.88. The highest BCUT2D eigenvalue weighted by atomic mass is 16.5. The van der Waals surface area contributed by atoms with Gasteiger partial charge in [0.15, 0.2) is 0 Å². The molecule has 0 spiro atoms. The lowest BCUT2D eigenvalue weighted by molar-refractivity contribution is 0.0326. The molecule has 0 aromatic heterocycles. The van der Waals surface area contributed by atoms with Crippen LogP contribution < -0.4 is 5.32 Å². The molecule has 0 rings (SSSR count). The van der Waals surface area contributed by atoms with E-state index in [4.69, 9.17) is 4.74 Å². The van der Waals surface area contributed by atoms with Crippen molar-refractivity contribution in [2.75, 3.05) is 13.2 Å². The molecule has 0 aliphatic heterocycles. The molecule has 0 aliphatic rings. The smallest absolute Gasteiger partial charge is 0.0728 e. The Kier molecular flexibility index (Phi) is 9.00. The van der Waals surface area contributed by atoms with Crippen molar-refractivity contribution in [1.29, 1.82) is 0 Å². The van der Waals surface area contributed by atoms with E-state index in [-0.39, 0.29) is 0 Å². The van der Waals surface area contributed by atoms with Crippen LogP contribution in [0.4, 0.5) is 0 Å². The first-order chi connectivity index (χ1) is 6.79. The Balaban J connectivity index is 4.04. The average Bonchev–Trinajstić information content (AvgIpc) is 2.21. The maximum absolute atomic E-state index is 5.69. The summed E-state index contributed by atoms with van der Waals surface area (Å²) in [6, 6.07) is 0.428. The van der Waals surface area contributed by atoms with Crippen LogP contribution in [0.2, 0.25) is 0 Å². The van der Waals surface area contributed by atoms with Crippen LogP contribution in [0.3, 0.4) is 0 Å². The van der Waals surface area contributed by atoms with Gasteiger partial charge in [0, 0.05) is 12.6 Å². The third kappa shape index (κ3) is 5.40. The first-order valence-corrected chi connectivity index (χ1v) is 5.75. The van der Waals surface area contributed by atoms with Crippen molar-refractivity contribution in [2.24, 2.45) is 0 Å². The minimum Gasteiger partial charge on any atom is -0.377 e. The third-order valence-electron chi connectivity index (χ3n) is 2.31. The Morgan fingerprint density at radius 2 is 2.07 bits per heavy atom. The van der Waals surface area contributed by atoms with Gasteiger partial charge in [0.05, 0.1) is 6.10 Å². The zero-order chi connectivity index (χ0) is 10.8. The van der Waals surface area contributed by atoms with Gasteiger partial charge >= 0.3 is 0 Å². The Morgan fingerprint density at radius 1 is 1.36 bits per heavy atom. The summed E-state index contributed by atoms with van der Waals surface area (Å²) in [7, 11) is 0. The average molecular weight is 199 g/mol. The molecule has 0 aromatic rings. The number of rotatable bonds is 9. The molecule has 2 nitrogen and oxygen atoms in total. The maximum atomic E-state index is 5.69. The van der Waals surface area contributed by atoms with Crippen molar-refractivity contribution in [1.82, 2.24) is 5.32 Å². The van der Waals surface area contributed by atoms with Gasteiger partial charge in [0.1, 0.15) is 0 Å². The van der Waals surface area contributed by atoms with E-state index >= 15 is 0 Å². The van der Waals surface area contributed by atoms with Crippen LogP contribution in [-0.4, -0.2) is 25.3 Å². The van der Waals surface area contributed by atoms with E-state index in [1.165, 1.54) is 0 Å². The summed E-state index contributed by atoms with van der Waals surface area (Å²) in [5.74, 6) is 0. The summed E-state index contributed by atoms with van der Waals surface area (Å²) in [5, 5.41) is 3.51. The zero-order valence-corrected chi connectivity index (χ0v) is 9.88. The number of ether oxygens (including phenoxy) is 1. The molecule has 2 atom stereocenters. The van der Waals surface area contributed by atoms with E-state index in [9.17, 15) is 0 Å². The third-order valence-corrected chi connectivity index (χ3v) is 2.31. The lowest BCUT2D eigenvalue weighted by atomic mass is 10.0. The molecule has 1 N–H and O–H groups in total. The van der Waals surface area contributed by atoms with Gasteiger partial charge in [-0.05, 0) is 32.7 Å². The Hall–Kier alpha value is -0.340. The molecule has 0 saturated carbocycles. The quantitative estimate of drug-likeness (QED) is 0.577. The van der Waals surface area contributed by atoms with Crippen molar-refractivity contribution >= 4 is 0 Å². The van der Waals surface area contributed by atoms with Gasteiger partial charge < -0.3 is 10.1 Å². The second kappa shape index (κ2) is 9.22. The molecule has 0 saturated heterocycles. The van der Waals surface area contributed by atoms with Gasteiger partial charge in [-0.3, -0.25) is 0 Å². The van der Waals surface area contributed by atoms with Crippen LogP contribution in [0.5, 0.6) is 0 Å². The van der Waals surface area contributed by atoms with E-state index in [0.717, 1.165) is 32.4 Å². The molecule has 0 radical (unpaired) electrons. The molecular formula is C12H25NO. The molecule has 0 bridgehead atoms. The molecular weight excluding hydrogens is 174 g/mol. The molecule has 0 fully saturated rings. The van der Waals surface area contributed by atoms with Crippen LogP contribution in [-0.2, 0) is 4.74 Å². The minimum atomic E-state index is 0.324. The predicted molar refractivity (Wildman–Crippen MR) is 62.6 cm³/mol. The predicted octanol–water partition coefficient (Wildman–Crippen LogP) is 2.75. The fraction of sp³-hybridized carbons (Fsp3) is 0.833. The monoisotopic (exact) mass is 199 g/mol. The first kappa shape index (κ1) is 13.7. The minimum absolute atomic E-state index is 0.324. The van der Waals surface area contributed by atoms with Crippen molar-refractivity contribution < 1.29 is 4.74 Å². The van der Waals surface area contributed by atoms with Crippen molar-refractivity contribution in [3.63, 3.8) is 0 Å². The van der Waals surface area contributed by atoms with E-state index < -0.39 is 0 Å². The number of hydrogen-bond acceptors (Lipinski definition) is 2. The number of hydrogen-bond donors (Lipinski definition) is 1. The maximum Gasteiger partial charge on any atom is 0.0728 e. The van der Waals surface area contributed by atoms with E-state index in [0.29, 0.717) is 12.1 Å². The highest BCUT2D eigenvalue weighted by Gasteiger charge is 2.17. The van der Waals surface area contributed by atoms with E-state index in [1.54, 1.807) is 0 Å². The van der Waals surface area contributed by atoms with Crippen LogP contribution in [0.25, 0.3) is 0 Å². The summed E-state index contributed by atoms with van der Waals surface area (Å²) in [6.45, 7) is 12.0. The van der Waals surface area contributed by atoms with Gasteiger partial charge in [-0.15, -0.1) is 6.58 Å². The summed E-state index contributed by atoms with van der Waals surface area (Å²) in [5.41, 5.74) is 0. The van der Waals surface area contributed by atoms with Gasteiger partial charge in [-0.25, -0.2) is 0 Å². The van der Waals surface area contributed by atoms with E-state index in [1.807, 2.05) is 13.0 Å². The molecule has 0 amide bonds. The van der Waals surface area contributed by atoms with Crippen molar-refractivity contribution in [2.45, 2.75) is 52.2 Å². The van der Waals surface area contributed by atoms with Crippen molar-refractivity contribution in [3.8, 4) is 0 Å². The molecule has 2 heteroatoms. The van der Waals surface area contributed by atoms with Gasteiger partial charge in [-0.2, -0.15) is 0 Å². The van der Waals surface area contributed by atoms with Crippen LogP contribution in [0.1, 0.15) is 40.0 Å². The van der Waals surface area contributed by atoms with Crippen LogP contribution >= 0.6 is 0 Å². The van der Waals surface area contributed by atoms with Gasteiger partial charge in [0.25, 0.3) is 0 Å². The van der Waals surface area contributed by atoms with Crippen molar-refractivity contribution in [3.05, 3.63) is 12.7 Å². The topological polar surface area (TPSA) is 21.3 Å². The fourth-order valence-corrected chi connectivity index (χ4v) is 1.61.